The monoisotopic (exact) mass is 974 g/mol. The van der Waals surface area contributed by atoms with Crippen molar-refractivity contribution in [3.8, 4) is 0 Å². The van der Waals surface area contributed by atoms with Crippen LogP contribution in [0.25, 0.3) is 0 Å². The second-order valence-corrected chi connectivity index (χ2v) is 12.2. The van der Waals surface area contributed by atoms with Gasteiger partial charge >= 0.3 is 0 Å². The predicted octanol–water partition coefficient (Wildman–Crippen LogP) is -11.9. The minimum absolute atomic E-state index is 1.26. The van der Waals surface area contributed by atoms with E-state index in [2.05, 4.69) is 107 Å². The van der Waals surface area contributed by atoms with Crippen LogP contribution in [0.4, 0.5) is 0 Å². The molecular weight excluding hydrogens is 961 g/mol. The average Bonchev–Trinajstić information content (AvgIpc) is 3.36. The van der Waals surface area contributed by atoms with Crippen molar-refractivity contribution >= 4 is 91.7 Å². The molecule has 0 saturated carbocycles. The molecule has 43 heteroatoms. The van der Waals surface area contributed by atoms with Crippen molar-refractivity contribution in [3.05, 3.63) is 0 Å². The molecule has 2 aliphatic heterocycles. The Morgan fingerprint density at radius 1 is 0.527 bits per heavy atom. The van der Waals surface area contributed by atoms with Crippen LogP contribution in [0.5, 0.6) is 0 Å². The van der Waals surface area contributed by atoms with E-state index in [0.717, 1.165) is 0 Å². The molecule has 9 atom stereocenters. The summed E-state index contributed by atoms with van der Waals surface area (Å²) in [6.45, 7) is -5.24. The van der Waals surface area contributed by atoms with E-state index < -0.39 is 116 Å². The van der Waals surface area contributed by atoms with E-state index in [0.29, 0.717) is 0 Å². The summed E-state index contributed by atoms with van der Waals surface area (Å²) in [6.07, 6.45) is -21.4. The summed E-state index contributed by atoms with van der Waals surface area (Å²) in [6, 6.07) is 0. The van der Waals surface area contributed by atoms with Crippen molar-refractivity contribution in [2.24, 2.45) is 0 Å². The van der Waals surface area contributed by atoms with Gasteiger partial charge in [-0.05, 0) is 0 Å². The summed E-state index contributed by atoms with van der Waals surface area (Å²) in [7, 11) is -24.2. The van der Waals surface area contributed by atoms with Gasteiger partial charge in [0.1, 0.15) is 31.5 Å². The van der Waals surface area contributed by atoms with E-state index in [1.54, 1.807) is 0 Å². The molecule has 0 bridgehead atoms. The molecule has 0 radical (unpaired) electrons. The third-order valence-electron chi connectivity index (χ3n) is 5.32. The lowest BCUT2D eigenvalue weighted by atomic mass is 9.98. The van der Waals surface area contributed by atoms with Crippen LogP contribution in [-0.2, 0) is 162 Å². The Labute approximate surface area is 325 Å². The van der Waals surface area contributed by atoms with Gasteiger partial charge in [0.15, 0.2) is 80.8 Å². The highest BCUT2D eigenvalue weighted by atomic mass is 32.3. The van der Waals surface area contributed by atoms with Gasteiger partial charge in [0.2, 0.25) is 47.4 Å². The third-order valence-corrected chi connectivity index (χ3v) is 7.05. The standard InChI is InChI=1S/C12H22O31S4.4OS/c13-40-29-1-4-6(35-41-14)8(36-42-15)9(37-43-16)11(32-4)34-12(3-31-45(20,21)22)10(39-47(26,27)28)7(38-46(23,24)25)5(33-12)2-30-44(17,18)19;4*1-2/h4-11,13-16H,1-3H2,(H,17,18,19)(H,20,21,22)(H,23,24,25)(H,26,27,28);;;;/p-8/t4?,5-,6-,7-,8+,9?,10-,11+,12+;;;;/m1..../s1. The van der Waals surface area contributed by atoms with E-state index in [1.165, 1.54) is 0 Å². The van der Waals surface area contributed by atoms with Crippen LogP contribution in [0.15, 0.2) is 0 Å². The van der Waals surface area contributed by atoms with Crippen LogP contribution in [0.2, 0.25) is 0 Å². The smallest absolute Gasteiger partial charge is 0.227 e. The largest absolute Gasteiger partial charge is 0.726 e. The van der Waals surface area contributed by atoms with Crippen molar-refractivity contribution < 1.29 is 160 Å². The molecule has 2 rings (SSSR count). The molecule has 0 aromatic carbocycles. The molecule has 0 aromatic rings. The third kappa shape index (κ3) is 22.1. The van der Waals surface area contributed by atoms with Crippen molar-refractivity contribution in [3.63, 3.8) is 0 Å². The summed E-state index contributed by atoms with van der Waals surface area (Å²) in [5.41, 5.74) is 0. The highest BCUT2D eigenvalue weighted by molar-refractivity contribution is 7.81. The van der Waals surface area contributed by atoms with E-state index in [-0.39, 0.29) is 0 Å². The predicted molar refractivity (Wildman–Crippen MR) is 135 cm³/mol. The van der Waals surface area contributed by atoms with Gasteiger partial charge in [-0.15, -0.1) is 0 Å². The Morgan fingerprint density at radius 2 is 0.982 bits per heavy atom. The molecule has 0 amide bonds. The minimum Gasteiger partial charge on any atom is -0.726 e. The fraction of sp³-hybridized carbons (Fsp3) is 1.00. The van der Waals surface area contributed by atoms with Gasteiger partial charge in [-0.25, -0.2) is 53.2 Å². The Morgan fingerprint density at radius 3 is 1.40 bits per heavy atom. The quantitative estimate of drug-likeness (QED) is 0.0446. The maximum atomic E-state index is 11.6. The molecule has 2 aliphatic rings. The highest BCUT2D eigenvalue weighted by Crippen LogP contribution is 2.42. The van der Waals surface area contributed by atoms with Crippen LogP contribution >= 0.6 is 0 Å². The molecule has 2 unspecified atom stereocenters. The normalized spacial score (nSPS) is 28.1. The maximum absolute atomic E-state index is 11.6. The van der Waals surface area contributed by atoms with Crippen LogP contribution in [-0.4, -0.2) is 143 Å². The molecule has 0 aromatic heterocycles. The van der Waals surface area contributed by atoms with Gasteiger partial charge in [-0.3, -0.25) is 36.9 Å². The van der Waals surface area contributed by atoms with Crippen LogP contribution in [0.1, 0.15) is 0 Å². The number of hydrogen-bond donors (Lipinski definition) is 0. The first-order valence-corrected chi connectivity index (χ1v) is 18.2. The van der Waals surface area contributed by atoms with E-state index in [1.807, 2.05) is 0 Å². The first kappa shape index (κ1) is 58.3. The molecule has 328 valence electrons. The lowest BCUT2D eigenvalue weighted by molar-refractivity contribution is -0.835. The number of rotatable bonds is 21. The minimum atomic E-state index is -6.28. The van der Waals surface area contributed by atoms with Gasteiger partial charge in [-0.2, -0.15) is 16.8 Å². The summed E-state index contributed by atoms with van der Waals surface area (Å²) in [4.78, 5) is 16.7. The van der Waals surface area contributed by atoms with E-state index in [4.69, 9.17) is 31.0 Å². The van der Waals surface area contributed by atoms with Crippen molar-refractivity contribution in [2.75, 3.05) is 19.8 Å². The summed E-state index contributed by atoms with van der Waals surface area (Å²) in [5.74, 6) is -3.81. The molecule has 2 fully saturated rings. The molecule has 2 saturated heterocycles. The maximum Gasteiger partial charge on any atom is 0.227 e. The molecular formula is C12H14O35S8-8. The van der Waals surface area contributed by atoms with Crippen LogP contribution < -0.4 is 21.0 Å². The molecule has 0 spiro atoms. The van der Waals surface area contributed by atoms with E-state index >= 15 is 0 Å². The first-order chi connectivity index (χ1) is 25.6. The Balaban J connectivity index is -0.00000316. The Kier molecular flexibility index (Phi) is 30.1. The first-order valence-electron chi connectivity index (χ1n) is 11.5. The van der Waals surface area contributed by atoms with Gasteiger partial charge in [0.25, 0.3) is 0 Å². The van der Waals surface area contributed by atoms with Crippen molar-refractivity contribution in [1.29, 1.82) is 0 Å². The fourth-order valence-corrected chi connectivity index (χ4v) is 5.50. The lowest BCUT2D eigenvalue weighted by Crippen LogP contribution is -2.65. The average molecular weight is 975 g/mol. The second kappa shape index (κ2) is 28.4. The summed E-state index contributed by atoms with van der Waals surface area (Å²) >= 11 is 11.3. The zero-order valence-electron chi connectivity index (χ0n) is 24.8. The fourth-order valence-electron chi connectivity index (χ4n) is 3.88. The number of ether oxygens (including phenoxy) is 3. The summed E-state index contributed by atoms with van der Waals surface area (Å²) < 4.78 is 199. The lowest BCUT2D eigenvalue weighted by Gasteiger charge is -2.46. The molecule has 35 nitrogen and oxygen atoms in total. The SMILES string of the molecule is O=S.O=S.O=S.O=S.O=S(=O)([O-])OC[C@H]1O[C@@](COS(=O)(=O)[O-])(O[C@@H]2OC(COO[O-])[C@@H](OO[O-])[C@H](OO[O-])C2OO[O-])[C@H](OS(=O)(=O)[O-])[C@@H]1OS(=O)(=O)[O-]. The summed E-state index contributed by atoms with van der Waals surface area (Å²) in [5, 5.41) is 55.3. The van der Waals surface area contributed by atoms with Crippen LogP contribution in [0, 0.1) is 0 Å². The van der Waals surface area contributed by atoms with Gasteiger partial charge < -0.3 is 53.5 Å². The topological polar surface area (TPSA) is 528 Å². The van der Waals surface area contributed by atoms with Crippen LogP contribution in [0.3, 0.4) is 0 Å². The van der Waals surface area contributed by atoms with Gasteiger partial charge in [-0.1, -0.05) is 0 Å². The Bertz CT molecular complexity index is 1480. The number of hydrogen-bond acceptors (Lipinski definition) is 39. The second-order valence-electron chi connectivity index (χ2n) is 8.13. The van der Waals surface area contributed by atoms with Crippen molar-refractivity contribution in [1.82, 2.24) is 0 Å². The zero-order chi connectivity index (χ0) is 43.8. The molecule has 2 heterocycles. The highest BCUT2D eigenvalue weighted by Gasteiger charge is 2.64. The van der Waals surface area contributed by atoms with Crippen molar-refractivity contribution in [2.45, 2.75) is 54.8 Å². The van der Waals surface area contributed by atoms with E-state index in [9.17, 15) is 72.9 Å². The Hall–Kier alpha value is -1.04. The van der Waals surface area contributed by atoms with Gasteiger partial charge in [0, 0.05) is 0 Å². The molecule has 55 heavy (non-hydrogen) atoms. The molecule has 0 aliphatic carbocycles. The van der Waals surface area contributed by atoms with Gasteiger partial charge in [0.05, 0.1) is 6.61 Å². The molecule has 0 N–H and O–H groups in total. The zero-order valence-corrected chi connectivity index (χ0v) is 31.3.